The first-order valence-electron chi connectivity index (χ1n) is 15.5. The van der Waals surface area contributed by atoms with Crippen molar-refractivity contribution in [3.05, 3.63) is 29.8 Å². The summed E-state index contributed by atoms with van der Waals surface area (Å²) in [6.45, 7) is 5.55. The molecule has 0 heterocycles. The summed E-state index contributed by atoms with van der Waals surface area (Å²) in [5.41, 5.74) is 1.49. The van der Waals surface area contributed by atoms with E-state index in [0.717, 1.165) is 36.0 Å². The van der Waals surface area contributed by atoms with Crippen molar-refractivity contribution in [2.75, 3.05) is 6.61 Å². The van der Waals surface area contributed by atoms with Crippen molar-refractivity contribution >= 4 is 0 Å². The Balaban J connectivity index is 1.21. The number of hydrogen-bond acceptors (Lipinski definition) is 1. The van der Waals surface area contributed by atoms with Crippen molar-refractivity contribution in [1.29, 1.82) is 0 Å². The van der Waals surface area contributed by atoms with Crippen LogP contribution in [0.25, 0.3) is 0 Å². The van der Waals surface area contributed by atoms with Crippen LogP contribution in [-0.2, 0) is 6.42 Å². The van der Waals surface area contributed by atoms with Gasteiger partial charge in [0.25, 0.3) is 0 Å². The van der Waals surface area contributed by atoms with Gasteiger partial charge in [-0.25, -0.2) is 0 Å². The zero-order valence-corrected chi connectivity index (χ0v) is 22.9. The lowest BCUT2D eigenvalue weighted by atomic mass is 9.78. The molecule has 34 heavy (non-hydrogen) atoms. The van der Waals surface area contributed by atoms with E-state index in [1.54, 1.807) is 0 Å². The Bertz CT molecular complexity index is 604. The largest absolute Gasteiger partial charge is 0.493 e. The molecule has 2 saturated carbocycles. The molecule has 0 atom stereocenters. The molecule has 0 aliphatic heterocycles. The fourth-order valence-corrected chi connectivity index (χ4v) is 6.59. The molecule has 0 saturated heterocycles. The van der Waals surface area contributed by atoms with Gasteiger partial charge in [0.1, 0.15) is 5.75 Å². The average Bonchev–Trinajstić information content (AvgIpc) is 2.88. The lowest BCUT2D eigenvalue weighted by molar-refractivity contribution is 0.177. The number of hydrogen-bond donors (Lipinski definition) is 0. The third-order valence-electron chi connectivity index (χ3n) is 9.10. The lowest BCUT2D eigenvalue weighted by Crippen LogP contribution is -2.20. The Morgan fingerprint density at radius 2 is 1.00 bits per heavy atom. The zero-order valence-electron chi connectivity index (χ0n) is 22.9. The van der Waals surface area contributed by atoms with Crippen molar-refractivity contribution in [2.24, 2.45) is 23.7 Å². The van der Waals surface area contributed by atoms with Gasteiger partial charge < -0.3 is 4.74 Å². The van der Waals surface area contributed by atoms with E-state index >= 15 is 0 Å². The normalized spacial score (nSPS) is 25.4. The summed E-state index contributed by atoms with van der Waals surface area (Å²) in [7, 11) is 0. The van der Waals surface area contributed by atoms with E-state index in [4.69, 9.17) is 4.74 Å². The molecule has 2 aliphatic carbocycles. The van der Waals surface area contributed by atoms with Gasteiger partial charge in [-0.15, -0.1) is 0 Å². The molecular formula is C33H56O. The molecule has 0 spiro atoms. The molecule has 1 nitrogen and oxygen atoms in total. The third kappa shape index (κ3) is 10.7. The molecule has 0 bridgehead atoms. The second kappa shape index (κ2) is 16.6. The number of benzene rings is 1. The molecule has 0 N–H and O–H groups in total. The summed E-state index contributed by atoms with van der Waals surface area (Å²) in [5, 5.41) is 0. The highest BCUT2D eigenvalue weighted by atomic mass is 16.5. The van der Waals surface area contributed by atoms with E-state index in [-0.39, 0.29) is 0 Å². The second-order valence-electron chi connectivity index (χ2n) is 12.0. The van der Waals surface area contributed by atoms with Crippen LogP contribution in [-0.4, -0.2) is 6.61 Å². The molecule has 1 heteroatoms. The van der Waals surface area contributed by atoms with Crippen LogP contribution in [0.2, 0.25) is 0 Å². The summed E-state index contributed by atoms with van der Waals surface area (Å²) >= 11 is 0. The number of unbranched alkanes of at least 4 members (excludes halogenated alkanes) is 5. The quantitative estimate of drug-likeness (QED) is 0.219. The van der Waals surface area contributed by atoms with Gasteiger partial charge in [0, 0.05) is 0 Å². The molecule has 2 fully saturated rings. The first-order chi connectivity index (χ1) is 16.8. The van der Waals surface area contributed by atoms with E-state index in [9.17, 15) is 0 Å². The van der Waals surface area contributed by atoms with Crippen LogP contribution in [0, 0.1) is 23.7 Å². The van der Waals surface area contributed by atoms with Crippen LogP contribution in [0.3, 0.4) is 0 Å². The molecule has 3 rings (SSSR count). The van der Waals surface area contributed by atoms with Gasteiger partial charge in [-0.05, 0) is 67.1 Å². The van der Waals surface area contributed by atoms with E-state index in [0.29, 0.717) is 0 Å². The Morgan fingerprint density at radius 1 is 0.559 bits per heavy atom. The highest BCUT2D eigenvalue weighted by Gasteiger charge is 2.22. The summed E-state index contributed by atoms with van der Waals surface area (Å²) < 4.78 is 6.18. The minimum atomic E-state index is 0.772. The fourth-order valence-electron chi connectivity index (χ4n) is 6.59. The molecule has 1 aromatic rings. The van der Waals surface area contributed by atoms with Crippen molar-refractivity contribution < 1.29 is 4.74 Å². The predicted molar refractivity (Wildman–Crippen MR) is 149 cm³/mol. The summed E-state index contributed by atoms with van der Waals surface area (Å²) in [5.74, 6) is 4.91. The van der Waals surface area contributed by atoms with Gasteiger partial charge >= 0.3 is 0 Å². The maximum absolute atomic E-state index is 6.18. The highest BCUT2D eigenvalue weighted by Crippen LogP contribution is 2.35. The minimum Gasteiger partial charge on any atom is -0.493 e. The van der Waals surface area contributed by atoms with Crippen molar-refractivity contribution in [3.63, 3.8) is 0 Å². The van der Waals surface area contributed by atoms with Crippen LogP contribution in [0.15, 0.2) is 24.3 Å². The zero-order chi connectivity index (χ0) is 23.8. The first kappa shape index (κ1) is 27.6. The van der Waals surface area contributed by atoms with Gasteiger partial charge in [0.05, 0.1) is 6.61 Å². The van der Waals surface area contributed by atoms with E-state index in [2.05, 4.69) is 38.1 Å². The second-order valence-corrected chi connectivity index (χ2v) is 12.0. The van der Waals surface area contributed by atoms with Gasteiger partial charge in [0.2, 0.25) is 0 Å². The van der Waals surface area contributed by atoms with Crippen molar-refractivity contribution in [1.82, 2.24) is 0 Å². The van der Waals surface area contributed by atoms with Gasteiger partial charge in [-0.2, -0.15) is 0 Å². The summed E-state index contributed by atoms with van der Waals surface area (Å²) in [6, 6.07) is 9.04. The number of aryl methyl sites for hydroxylation is 1. The SMILES string of the molecule is CCCCC[C@H]1CC[C@H](CCCCc2ccc(OC[C@H]3CC[C@H](CCCCC)CC3)cc2)CC1. The van der Waals surface area contributed by atoms with Crippen molar-refractivity contribution in [3.8, 4) is 5.75 Å². The molecule has 0 unspecified atom stereocenters. The van der Waals surface area contributed by atoms with Gasteiger partial charge in [-0.3, -0.25) is 0 Å². The summed E-state index contributed by atoms with van der Waals surface area (Å²) in [6.07, 6.45) is 28.5. The highest BCUT2D eigenvalue weighted by molar-refractivity contribution is 5.27. The predicted octanol–water partition coefficient (Wildman–Crippen LogP) is 10.6. The molecule has 0 aromatic heterocycles. The standard InChI is InChI=1S/C33H56O/c1-3-5-7-11-28-15-17-30(18-16-28)13-9-10-14-31-23-25-33(26-24-31)34-27-32-21-19-29(20-22-32)12-8-6-4-2/h23-26,28-30,32H,3-22,27H2,1-2H3/t28-,29-,30-,32-. The Morgan fingerprint density at radius 3 is 1.47 bits per heavy atom. The number of rotatable bonds is 16. The van der Waals surface area contributed by atoms with Crippen LogP contribution < -0.4 is 4.74 Å². The minimum absolute atomic E-state index is 0.772. The maximum Gasteiger partial charge on any atom is 0.119 e. The Kier molecular flexibility index (Phi) is 13.5. The maximum atomic E-state index is 6.18. The number of ether oxygens (including phenoxy) is 1. The van der Waals surface area contributed by atoms with Crippen molar-refractivity contribution in [2.45, 2.75) is 142 Å². The van der Waals surface area contributed by atoms with Gasteiger partial charge in [-0.1, -0.05) is 129 Å². The van der Waals surface area contributed by atoms with Gasteiger partial charge in [0.15, 0.2) is 0 Å². The van der Waals surface area contributed by atoms with Crippen LogP contribution in [0.4, 0.5) is 0 Å². The first-order valence-corrected chi connectivity index (χ1v) is 15.5. The topological polar surface area (TPSA) is 9.23 Å². The molecule has 1 aromatic carbocycles. The molecule has 0 amide bonds. The van der Waals surface area contributed by atoms with Crippen LogP contribution >= 0.6 is 0 Å². The third-order valence-corrected chi connectivity index (χ3v) is 9.10. The molecule has 0 radical (unpaired) electrons. The van der Waals surface area contributed by atoms with Crippen LogP contribution in [0.1, 0.15) is 141 Å². The van der Waals surface area contributed by atoms with Crippen LogP contribution in [0.5, 0.6) is 5.75 Å². The average molecular weight is 469 g/mol. The molecular weight excluding hydrogens is 412 g/mol. The van der Waals surface area contributed by atoms with E-state index in [1.807, 2.05) is 0 Å². The summed E-state index contributed by atoms with van der Waals surface area (Å²) in [4.78, 5) is 0. The smallest absolute Gasteiger partial charge is 0.119 e. The van der Waals surface area contributed by atoms with E-state index in [1.165, 1.54) is 134 Å². The fraction of sp³-hybridized carbons (Fsp3) is 0.818. The Hall–Kier alpha value is -0.980. The molecule has 2 aliphatic rings. The van der Waals surface area contributed by atoms with E-state index < -0.39 is 0 Å². The molecule has 194 valence electrons. The Labute approximate surface area is 212 Å². The lowest BCUT2D eigenvalue weighted by Gasteiger charge is -2.28. The monoisotopic (exact) mass is 468 g/mol.